The summed E-state index contributed by atoms with van der Waals surface area (Å²) in [5.41, 5.74) is -0.602. The van der Waals surface area contributed by atoms with E-state index in [4.69, 9.17) is 13.9 Å². The first-order valence-corrected chi connectivity index (χ1v) is 6.50. The van der Waals surface area contributed by atoms with Gasteiger partial charge in [0.2, 0.25) is 6.79 Å². The van der Waals surface area contributed by atoms with E-state index in [-0.39, 0.29) is 25.0 Å². The number of aliphatic hydroxyl groups is 1. The maximum Gasteiger partial charge on any atom is 0.287 e. The standard InChI is InChI=1S/C15H15NO5/c1-15(18,8-16-14(17)12-3-2-6-19-12)10-4-5-11-13(7-10)21-9-20-11/h2-7,18H,8-9H2,1H3,(H,16,17)/t15-/m0/s1. The summed E-state index contributed by atoms with van der Waals surface area (Å²) in [5.74, 6) is 1.07. The highest BCUT2D eigenvalue weighted by atomic mass is 16.7. The van der Waals surface area contributed by atoms with Crippen LogP contribution in [0.2, 0.25) is 0 Å². The zero-order chi connectivity index (χ0) is 14.9. The highest BCUT2D eigenvalue weighted by Gasteiger charge is 2.27. The molecule has 1 aromatic carbocycles. The fourth-order valence-electron chi connectivity index (χ4n) is 2.08. The lowest BCUT2D eigenvalue weighted by Crippen LogP contribution is -2.38. The van der Waals surface area contributed by atoms with Crippen LogP contribution in [-0.2, 0) is 5.60 Å². The summed E-state index contributed by atoms with van der Waals surface area (Å²) in [6.45, 7) is 1.84. The SMILES string of the molecule is C[C@](O)(CNC(=O)c1ccco1)c1ccc2c(c1)OCO2. The molecule has 0 saturated heterocycles. The number of ether oxygens (including phenoxy) is 2. The first-order valence-electron chi connectivity index (χ1n) is 6.50. The number of amides is 1. The molecule has 1 aliphatic rings. The molecule has 2 heterocycles. The molecular formula is C15H15NO5. The molecule has 0 unspecified atom stereocenters. The number of hydrogen-bond donors (Lipinski definition) is 2. The topological polar surface area (TPSA) is 80.9 Å². The van der Waals surface area contributed by atoms with Crippen molar-refractivity contribution in [3.63, 3.8) is 0 Å². The van der Waals surface area contributed by atoms with Crippen molar-refractivity contribution in [3.8, 4) is 11.5 Å². The molecular weight excluding hydrogens is 274 g/mol. The average molecular weight is 289 g/mol. The minimum absolute atomic E-state index is 0.0478. The van der Waals surface area contributed by atoms with Crippen molar-refractivity contribution in [2.75, 3.05) is 13.3 Å². The Morgan fingerprint density at radius 1 is 1.33 bits per heavy atom. The Bertz CT molecular complexity index is 648. The number of furan rings is 1. The van der Waals surface area contributed by atoms with Crippen molar-refractivity contribution < 1.29 is 23.8 Å². The number of hydrogen-bond acceptors (Lipinski definition) is 5. The van der Waals surface area contributed by atoms with Gasteiger partial charge in [-0.05, 0) is 36.8 Å². The molecule has 110 valence electrons. The minimum atomic E-state index is -1.23. The third-order valence-corrected chi connectivity index (χ3v) is 3.33. The number of benzene rings is 1. The van der Waals surface area contributed by atoms with Crippen LogP contribution in [0.4, 0.5) is 0 Å². The number of carbonyl (C=O) groups is 1. The molecule has 1 aliphatic heterocycles. The number of carbonyl (C=O) groups excluding carboxylic acids is 1. The quantitative estimate of drug-likeness (QED) is 0.894. The van der Waals surface area contributed by atoms with Crippen LogP contribution in [0.25, 0.3) is 0 Å². The Kier molecular flexibility index (Phi) is 3.31. The fourth-order valence-corrected chi connectivity index (χ4v) is 2.08. The molecule has 6 heteroatoms. The minimum Gasteiger partial charge on any atom is -0.459 e. The lowest BCUT2D eigenvalue weighted by atomic mass is 9.95. The monoisotopic (exact) mass is 289 g/mol. The van der Waals surface area contributed by atoms with Gasteiger partial charge in [-0.15, -0.1) is 0 Å². The molecule has 0 spiro atoms. The number of fused-ring (bicyclic) bond motifs is 1. The molecule has 0 aliphatic carbocycles. The predicted molar refractivity (Wildman–Crippen MR) is 73.2 cm³/mol. The van der Waals surface area contributed by atoms with Gasteiger partial charge in [0.1, 0.15) is 5.60 Å². The van der Waals surface area contributed by atoms with Gasteiger partial charge in [-0.3, -0.25) is 4.79 Å². The molecule has 0 saturated carbocycles. The van der Waals surface area contributed by atoms with Crippen LogP contribution < -0.4 is 14.8 Å². The summed E-state index contributed by atoms with van der Waals surface area (Å²) in [4.78, 5) is 11.8. The van der Waals surface area contributed by atoms with E-state index in [1.54, 1.807) is 37.3 Å². The fraction of sp³-hybridized carbons (Fsp3) is 0.267. The summed E-state index contributed by atoms with van der Waals surface area (Å²) in [5, 5.41) is 13.2. The van der Waals surface area contributed by atoms with Gasteiger partial charge in [0.15, 0.2) is 17.3 Å². The van der Waals surface area contributed by atoms with Crippen LogP contribution >= 0.6 is 0 Å². The van der Waals surface area contributed by atoms with Crippen molar-refractivity contribution in [1.29, 1.82) is 0 Å². The van der Waals surface area contributed by atoms with Crippen molar-refractivity contribution >= 4 is 5.91 Å². The largest absolute Gasteiger partial charge is 0.459 e. The van der Waals surface area contributed by atoms with Crippen molar-refractivity contribution in [2.24, 2.45) is 0 Å². The summed E-state index contributed by atoms with van der Waals surface area (Å²) in [7, 11) is 0. The lowest BCUT2D eigenvalue weighted by molar-refractivity contribution is 0.0517. The van der Waals surface area contributed by atoms with Crippen LogP contribution in [0.3, 0.4) is 0 Å². The third kappa shape index (κ3) is 2.71. The van der Waals surface area contributed by atoms with Gasteiger partial charge in [-0.2, -0.15) is 0 Å². The average Bonchev–Trinajstić information content (AvgIpc) is 3.14. The highest BCUT2D eigenvalue weighted by Crippen LogP contribution is 2.35. The Balaban J connectivity index is 1.70. The molecule has 2 N–H and O–H groups in total. The van der Waals surface area contributed by atoms with E-state index in [9.17, 15) is 9.90 Å². The van der Waals surface area contributed by atoms with Gasteiger partial charge < -0.3 is 24.3 Å². The summed E-state index contributed by atoms with van der Waals surface area (Å²) in [6, 6.07) is 8.38. The van der Waals surface area contributed by atoms with E-state index in [1.165, 1.54) is 6.26 Å². The molecule has 1 atom stereocenters. The third-order valence-electron chi connectivity index (χ3n) is 3.33. The van der Waals surface area contributed by atoms with Crippen molar-refractivity contribution in [3.05, 3.63) is 47.9 Å². The maximum atomic E-state index is 11.8. The van der Waals surface area contributed by atoms with E-state index < -0.39 is 5.60 Å². The summed E-state index contributed by atoms with van der Waals surface area (Å²) in [6.07, 6.45) is 1.42. The highest BCUT2D eigenvalue weighted by molar-refractivity contribution is 5.91. The molecule has 3 rings (SSSR count). The smallest absolute Gasteiger partial charge is 0.287 e. The molecule has 21 heavy (non-hydrogen) atoms. The Morgan fingerprint density at radius 3 is 2.90 bits per heavy atom. The van der Waals surface area contributed by atoms with Crippen molar-refractivity contribution in [2.45, 2.75) is 12.5 Å². The van der Waals surface area contributed by atoms with Crippen LogP contribution in [0.5, 0.6) is 11.5 Å². The lowest BCUT2D eigenvalue weighted by Gasteiger charge is -2.24. The van der Waals surface area contributed by atoms with Gasteiger partial charge in [0, 0.05) is 0 Å². The van der Waals surface area contributed by atoms with Gasteiger partial charge in [0.25, 0.3) is 5.91 Å². The first kappa shape index (κ1) is 13.5. The van der Waals surface area contributed by atoms with Crippen LogP contribution in [0, 0.1) is 0 Å². The predicted octanol–water partition coefficient (Wildman–Crippen LogP) is 1.65. The van der Waals surface area contributed by atoms with Crippen LogP contribution in [0.15, 0.2) is 41.0 Å². The Labute approximate surface area is 121 Å². The van der Waals surface area contributed by atoms with Crippen LogP contribution in [0.1, 0.15) is 23.0 Å². The molecule has 1 amide bonds. The first-order chi connectivity index (χ1) is 10.1. The zero-order valence-electron chi connectivity index (χ0n) is 11.5. The summed E-state index contributed by atoms with van der Waals surface area (Å²) >= 11 is 0. The van der Waals surface area contributed by atoms with E-state index in [0.717, 1.165) is 0 Å². The molecule has 0 bridgehead atoms. The molecule has 1 aromatic heterocycles. The van der Waals surface area contributed by atoms with Gasteiger partial charge >= 0.3 is 0 Å². The van der Waals surface area contributed by atoms with Gasteiger partial charge in [0.05, 0.1) is 12.8 Å². The van der Waals surface area contributed by atoms with Crippen molar-refractivity contribution in [1.82, 2.24) is 5.32 Å². The maximum absolute atomic E-state index is 11.8. The number of nitrogens with one attached hydrogen (secondary N) is 1. The normalized spacial score (nSPS) is 15.5. The summed E-state index contributed by atoms with van der Waals surface area (Å²) < 4.78 is 15.5. The molecule has 0 fully saturated rings. The Morgan fingerprint density at radius 2 is 2.14 bits per heavy atom. The second-order valence-corrected chi connectivity index (χ2v) is 5.00. The second kappa shape index (κ2) is 5.14. The molecule has 6 nitrogen and oxygen atoms in total. The molecule has 0 radical (unpaired) electrons. The second-order valence-electron chi connectivity index (χ2n) is 5.00. The van der Waals surface area contributed by atoms with Gasteiger partial charge in [-0.25, -0.2) is 0 Å². The van der Waals surface area contributed by atoms with Gasteiger partial charge in [-0.1, -0.05) is 6.07 Å². The number of rotatable bonds is 4. The van der Waals surface area contributed by atoms with E-state index in [1.807, 2.05) is 0 Å². The van der Waals surface area contributed by atoms with E-state index in [2.05, 4.69) is 5.32 Å². The van der Waals surface area contributed by atoms with Crippen LogP contribution in [-0.4, -0.2) is 24.4 Å². The van der Waals surface area contributed by atoms with E-state index in [0.29, 0.717) is 17.1 Å². The van der Waals surface area contributed by atoms with E-state index >= 15 is 0 Å². The zero-order valence-corrected chi connectivity index (χ0v) is 11.5. The molecule has 2 aromatic rings. The Hall–Kier alpha value is -2.47.